The number of nitrogens with one attached hydrogen (secondary N) is 1. The summed E-state index contributed by atoms with van der Waals surface area (Å²) in [4.78, 5) is 23.7. The standard InChI is InChI=1S/C20H19N5O2/c1-13-19-23-17(12-25(19)9-6-22-13)16-10-14-2-3-15(11-18(14)27-20(16)26)24-7-4-21-5-8-24/h2-3,6,9-12,21H,4-5,7-8H2,1H3. The maximum atomic E-state index is 12.6. The van der Waals surface area contributed by atoms with Gasteiger partial charge in [0.15, 0.2) is 5.65 Å². The Morgan fingerprint density at radius 1 is 1.19 bits per heavy atom. The molecule has 3 aromatic heterocycles. The molecule has 136 valence electrons. The number of hydrogen-bond acceptors (Lipinski definition) is 6. The molecule has 5 rings (SSSR count). The van der Waals surface area contributed by atoms with Crippen molar-refractivity contribution >= 4 is 22.3 Å². The lowest BCUT2D eigenvalue weighted by atomic mass is 10.1. The number of imidazole rings is 1. The van der Waals surface area contributed by atoms with E-state index in [1.165, 1.54) is 0 Å². The highest BCUT2D eigenvalue weighted by molar-refractivity contribution is 5.84. The molecule has 4 heterocycles. The summed E-state index contributed by atoms with van der Waals surface area (Å²) >= 11 is 0. The number of anilines is 1. The van der Waals surface area contributed by atoms with E-state index in [9.17, 15) is 4.79 Å². The van der Waals surface area contributed by atoms with Gasteiger partial charge >= 0.3 is 5.63 Å². The Kier molecular flexibility index (Phi) is 3.68. The largest absolute Gasteiger partial charge is 0.422 e. The summed E-state index contributed by atoms with van der Waals surface area (Å²) in [6.07, 6.45) is 5.37. The number of aromatic nitrogens is 3. The number of aryl methyl sites for hydroxylation is 1. The Balaban J connectivity index is 1.60. The van der Waals surface area contributed by atoms with E-state index in [1.54, 1.807) is 6.20 Å². The Labute approximate surface area is 155 Å². The average molecular weight is 361 g/mol. The van der Waals surface area contributed by atoms with Crippen LogP contribution in [0.1, 0.15) is 5.69 Å². The van der Waals surface area contributed by atoms with Gasteiger partial charge < -0.3 is 19.0 Å². The highest BCUT2D eigenvalue weighted by Crippen LogP contribution is 2.25. The monoisotopic (exact) mass is 361 g/mol. The third-order valence-electron chi connectivity index (χ3n) is 5.03. The molecule has 1 aromatic carbocycles. The van der Waals surface area contributed by atoms with E-state index in [0.717, 1.165) is 48.6 Å². The van der Waals surface area contributed by atoms with Crippen molar-refractivity contribution in [2.24, 2.45) is 0 Å². The molecule has 0 aliphatic carbocycles. The molecule has 1 saturated heterocycles. The van der Waals surface area contributed by atoms with Crippen molar-refractivity contribution in [2.75, 3.05) is 31.1 Å². The first-order valence-electron chi connectivity index (χ1n) is 9.03. The van der Waals surface area contributed by atoms with E-state index in [0.29, 0.717) is 16.8 Å². The zero-order chi connectivity index (χ0) is 18.4. The Morgan fingerprint density at radius 2 is 2.04 bits per heavy atom. The van der Waals surface area contributed by atoms with Gasteiger partial charge in [0.05, 0.1) is 17.0 Å². The smallest absolute Gasteiger partial charge is 0.345 e. The van der Waals surface area contributed by atoms with Crippen LogP contribution in [-0.4, -0.2) is 40.5 Å². The minimum atomic E-state index is -0.381. The maximum absolute atomic E-state index is 12.6. The fourth-order valence-corrected chi connectivity index (χ4v) is 3.58. The van der Waals surface area contributed by atoms with Gasteiger partial charge in [-0.15, -0.1) is 0 Å². The second-order valence-electron chi connectivity index (χ2n) is 6.78. The van der Waals surface area contributed by atoms with Crippen LogP contribution in [0.3, 0.4) is 0 Å². The molecule has 0 spiro atoms. The van der Waals surface area contributed by atoms with Crippen molar-refractivity contribution in [2.45, 2.75) is 6.92 Å². The van der Waals surface area contributed by atoms with Crippen LogP contribution in [0, 0.1) is 6.92 Å². The lowest BCUT2D eigenvalue weighted by Gasteiger charge is -2.29. The average Bonchev–Trinajstić information content (AvgIpc) is 3.13. The van der Waals surface area contributed by atoms with Crippen molar-refractivity contribution in [3.8, 4) is 11.3 Å². The van der Waals surface area contributed by atoms with Gasteiger partial charge in [-0.2, -0.15) is 0 Å². The van der Waals surface area contributed by atoms with E-state index in [-0.39, 0.29) is 5.63 Å². The van der Waals surface area contributed by atoms with Crippen LogP contribution in [-0.2, 0) is 0 Å². The van der Waals surface area contributed by atoms with E-state index in [4.69, 9.17) is 4.42 Å². The van der Waals surface area contributed by atoms with Crippen LogP contribution >= 0.6 is 0 Å². The highest BCUT2D eigenvalue weighted by atomic mass is 16.4. The number of hydrogen-bond donors (Lipinski definition) is 1. The molecule has 0 amide bonds. The topological polar surface area (TPSA) is 75.7 Å². The van der Waals surface area contributed by atoms with Gasteiger partial charge in [-0.3, -0.25) is 4.98 Å². The number of rotatable bonds is 2. The van der Waals surface area contributed by atoms with Crippen molar-refractivity contribution < 1.29 is 4.42 Å². The molecule has 0 atom stereocenters. The molecule has 0 saturated carbocycles. The number of fused-ring (bicyclic) bond motifs is 2. The van der Waals surface area contributed by atoms with Crippen LogP contribution in [0.4, 0.5) is 5.69 Å². The summed E-state index contributed by atoms with van der Waals surface area (Å²) < 4.78 is 7.51. The van der Waals surface area contributed by atoms with E-state index >= 15 is 0 Å². The normalized spacial score (nSPS) is 14.9. The second-order valence-corrected chi connectivity index (χ2v) is 6.78. The summed E-state index contributed by atoms with van der Waals surface area (Å²) in [5.74, 6) is 0. The summed E-state index contributed by atoms with van der Waals surface area (Å²) in [6.45, 7) is 5.71. The third kappa shape index (κ3) is 2.76. The van der Waals surface area contributed by atoms with Gasteiger partial charge in [-0.1, -0.05) is 0 Å². The van der Waals surface area contributed by atoms with E-state index < -0.39 is 0 Å². The van der Waals surface area contributed by atoms with E-state index in [1.807, 2.05) is 41.9 Å². The van der Waals surface area contributed by atoms with Crippen LogP contribution in [0.5, 0.6) is 0 Å². The molecule has 1 fully saturated rings. The molecule has 1 aliphatic rings. The Hall–Kier alpha value is -3.19. The molecule has 4 aromatic rings. The summed E-state index contributed by atoms with van der Waals surface area (Å²) in [5, 5.41) is 4.23. The lowest BCUT2D eigenvalue weighted by Crippen LogP contribution is -2.43. The number of nitrogens with zero attached hydrogens (tertiary/aromatic N) is 4. The van der Waals surface area contributed by atoms with Gasteiger partial charge in [0.2, 0.25) is 0 Å². The number of piperazine rings is 1. The minimum absolute atomic E-state index is 0.381. The molecule has 1 N–H and O–H groups in total. The summed E-state index contributed by atoms with van der Waals surface area (Å²) in [5.41, 5.74) is 3.90. The lowest BCUT2D eigenvalue weighted by molar-refractivity contribution is 0.561. The summed E-state index contributed by atoms with van der Waals surface area (Å²) in [7, 11) is 0. The first kappa shape index (κ1) is 16.0. The fourth-order valence-electron chi connectivity index (χ4n) is 3.58. The zero-order valence-corrected chi connectivity index (χ0v) is 15.0. The van der Waals surface area contributed by atoms with Crippen molar-refractivity contribution in [1.82, 2.24) is 19.7 Å². The predicted octanol–water partition coefficient (Wildman–Crippen LogP) is 2.22. The first-order chi connectivity index (χ1) is 13.2. The van der Waals surface area contributed by atoms with Crippen LogP contribution in [0.25, 0.3) is 27.9 Å². The predicted molar refractivity (Wildman–Crippen MR) is 104 cm³/mol. The quantitative estimate of drug-likeness (QED) is 0.552. The van der Waals surface area contributed by atoms with Crippen molar-refractivity contribution in [3.63, 3.8) is 0 Å². The Bertz CT molecular complexity index is 1200. The van der Waals surface area contributed by atoms with Gasteiger partial charge in [-0.25, -0.2) is 9.78 Å². The van der Waals surface area contributed by atoms with Crippen molar-refractivity contribution in [3.05, 3.63) is 59.0 Å². The zero-order valence-electron chi connectivity index (χ0n) is 15.0. The fraction of sp³-hybridized carbons (Fsp3) is 0.250. The molecule has 1 aliphatic heterocycles. The van der Waals surface area contributed by atoms with Gasteiger partial charge in [0, 0.05) is 61.9 Å². The first-order valence-corrected chi connectivity index (χ1v) is 9.03. The highest BCUT2D eigenvalue weighted by Gasteiger charge is 2.15. The molecular weight excluding hydrogens is 342 g/mol. The molecule has 0 unspecified atom stereocenters. The van der Waals surface area contributed by atoms with E-state index in [2.05, 4.69) is 26.3 Å². The molecule has 7 nitrogen and oxygen atoms in total. The maximum Gasteiger partial charge on any atom is 0.345 e. The van der Waals surface area contributed by atoms with Gasteiger partial charge in [-0.05, 0) is 25.1 Å². The molecule has 0 radical (unpaired) electrons. The Morgan fingerprint density at radius 3 is 2.85 bits per heavy atom. The molecule has 27 heavy (non-hydrogen) atoms. The third-order valence-corrected chi connectivity index (χ3v) is 5.03. The molecule has 7 heteroatoms. The molecule has 0 bridgehead atoms. The SMILES string of the molecule is Cc1nccn2cc(-c3cc4ccc(N5CCNCC5)cc4oc3=O)nc12. The van der Waals surface area contributed by atoms with Crippen LogP contribution in [0.2, 0.25) is 0 Å². The number of benzene rings is 1. The second kappa shape index (κ2) is 6.21. The molecular formula is C20H19N5O2. The van der Waals surface area contributed by atoms with Crippen LogP contribution in [0.15, 0.2) is 52.1 Å². The van der Waals surface area contributed by atoms with Crippen LogP contribution < -0.4 is 15.8 Å². The van der Waals surface area contributed by atoms with Crippen molar-refractivity contribution in [1.29, 1.82) is 0 Å². The minimum Gasteiger partial charge on any atom is -0.422 e. The van der Waals surface area contributed by atoms with Gasteiger partial charge in [0.1, 0.15) is 5.58 Å². The van der Waals surface area contributed by atoms with Gasteiger partial charge in [0.25, 0.3) is 0 Å². The summed E-state index contributed by atoms with van der Waals surface area (Å²) in [6, 6.07) is 7.88.